The fourth-order valence-corrected chi connectivity index (χ4v) is 2.53. The average molecular weight is 490 g/mol. The normalized spacial score (nSPS) is 10.6. The van der Waals surface area contributed by atoms with Gasteiger partial charge in [0, 0.05) is 17.1 Å². The summed E-state index contributed by atoms with van der Waals surface area (Å²) in [7, 11) is 0. The summed E-state index contributed by atoms with van der Waals surface area (Å²) in [4.78, 5) is 8.63. The van der Waals surface area contributed by atoms with Crippen molar-refractivity contribution in [1.82, 2.24) is 14.5 Å². The Kier molecular flexibility index (Phi) is 3.99. The number of hydrogen-bond acceptors (Lipinski definition) is 2. The maximum Gasteiger partial charge on any atom is 0.142 e. The first-order valence-corrected chi connectivity index (χ1v) is 7.40. The van der Waals surface area contributed by atoms with Gasteiger partial charge in [0.05, 0.1) is 0 Å². The van der Waals surface area contributed by atoms with Gasteiger partial charge in [0.1, 0.15) is 19.5 Å². The van der Waals surface area contributed by atoms with Gasteiger partial charge in [-0.3, -0.25) is 4.57 Å². The quantitative estimate of drug-likeness (QED) is 0.478. The summed E-state index contributed by atoms with van der Waals surface area (Å²) in [5, 5.41) is 0.793. The second-order valence-corrected chi connectivity index (χ2v) is 5.42. The highest BCUT2D eigenvalue weighted by molar-refractivity contribution is 14.1. The molecule has 2 heterocycles. The SMILES string of the molecule is BrCc1cccnc1-n1cnc(I)c1I. The number of alkyl halides is 1. The van der Waals surface area contributed by atoms with E-state index in [1.807, 2.05) is 10.6 Å². The molecule has 0 radical (unpaired) electrons. The molecule has 0 amide bonds. The van der Waals surface area contributed by atoms with Crippen LogP contribution in [0.1, 0.15) is 5.56 Å². The van der Waals surface area contributed by atoms with Crippen molar-refractivity contribution in [3.05, 3.63) is 37.6 Å². The van der Waals surface area contributed by atoms with Gasteiger partial charge in [-0.25, -0.2) is 9.97 Å². The molecule has 15 heavy (non-hydrogen) atoms. The monoisotopic (exact) mass is 489 g/mol. The molecule has 0 saturated carbocycles. The summed E-state index contributed by atoms with van der Waals surface area (Å²) < 4.78 is 4.09. The molecule has 0 aliphatic carbocycles. The zero-order valence-corrected chi connectivity index (χ0v) is 13.4. The summed E-state index contributed by atoms with van der Waals surface area (Å²) in [5.74, 6) is 0.939. The lowest BCUT2D eigenvalue weighted by atomic mass is 10.3. The number of pyridine rings is 1. The summed E-state index contributed by atoms with van der Waals surface area (Å²) in [5.41, 5.74) is 1.16. The highest BCUT2D eigenvalue weighted by atomic mass is 127. The zero-order valence-electron chi connectivity index (χ0n) is 7.49. The Bertz CT molecular complexity index is 484. The van der Waals surface area contributed by atoms with Crippen LogP contribution >= 0.6 is 61.1 Å². The van der Waals surface area contributed by atoms with Gasteiger partial charge in [-0.05, 0) is 51.2 Å². The molecular weight excluding hydrogens is 484 g/mol. The minimum absolute atomic E-state index is 0.793. The minimum atomic E-state index is 0.793. The predicted octanol–water partition coefficient (Wildman–Crippen LogP) is 3.37. The number of halogens is 3. The number of imidazole rings is 1. The molecule has 0 aliphatic rings. The van der Waals surface area contributed by atoms with Crippen molar-refractivity contribution >= 4 is 61.1 Å². The maximum atomic E-state index is 4.38. The van der Waals surface area contributed by atoms with Crippen LogP contribution in [0.3, 0.4) is 0 Å². The summed E-state index contributed by atoms with van der Waals surface area (Å²) >= 11 is 7.95. The first kappa shape index (κ1) is 11.8. The lowest BCUT2D eigenvalue weighted by molar-refractivity contribution is 0.951. The van der Waals surface area contributed by atoms with Gasteiger partial charge >= 0.3 is 0 Å². The Balaban J connectivity index is 2.58. The Morgan fingerprint density at radius 2 is 2.13 bits per heavy atom. The molecule has 0 aliphatic heterocycles. The summed E-state index contributed by atoms with van der Waals surface area (Å²) in [6, 6.07) is 3.99. The standard InChI is InChI=1S/C9H6BrI2N3/c10-4-6-2-1-3-13-9(6)15-5-14-7(11)8(15)12/h1-3,5H,4H2. The molecule has 0 spiro atoms. The molecule has 2 aromatic heterocycles. The number of hydrogen-bond donors (Lipinski definition) is 0. The predicted molar refractivity (Wildman–Crippen MR) is 79.4 cm³/mol. The molecule has 6 heteroatoms. The van der Waals surface area contributed by atoms with Crippen LogP contribution in [0.25, 0.3) is 5.82 Å². The Labute approximate surface area is 123 Å². The van der Waals surface area contributed by atoms with Crippen LogP contribution in [-0.2, 0) is 5.33 Å². The summed E-state index contributed by atoms with van der Waals surface area (Å²) in [6.07, 6.45) is 3.60. The van der Waals surface area contributed by atoms with Crippen LogP contribution in [0, 0.1) is 7.40 Å². The molecule has 0 atom stereocenters. The zero-order chi connectivity index (χ0) is 10.8. The highest BCUT2D eigenvalue weighted by Crippen LogP contribution is 2.20. The molecule has 0 bridgehead atoms. The fourth-order valence-electron chi connectivity index (χ4n) is 1.21. The molecule has 0 aromatic carbocycles. The smallest absolute Gasteiger partial charge is 0.142 e. The van der Waals surface area contributed by atoms with Crippen molar-refractivity contribution in [3.63, 3.8) is 0 Å². The van der Waals surface area contributed by atoms with E-state index in [9.17, 15) is 0 Å². The van der Waals surface area contributed by atoms with Gasteiger partial charge < -0.3 is 0 Å². The van der Waals surface area contributed by atoms with Crippen LogP contribution in [-0.4, -0.2) is 14.5 Å². The first-order valence-electron chi connectivity index (χ1n) is 4.12. The molecule has 3 nitrogen and oxygen atoms in total. The van der Waals surface area contributed by atoms with E-state index < -0.39 is 0 Å². The average Bonchev–Trinajstić information content (AvgIpc) is 2.60. The lowest BCUT2D eigenvalue weighted by Gasteiger charge is -2.07. The van der Waals surface area contributed by atoms with Gasteiger partial charge in [0.2, 0.25) is 0 Å². The third-order valence-electron chi connectivity index (χ3n) is 1.91. The van der Waals surface area contributed by atoms with Crippen LogP contribution in [0.2, 0.25) is 0 Å². The van der Waals surface area contributed by atoms with Gasteiger partial charge in [0.15, 0.2) is 0 Å². The fraction of sp³-hybridized carbons (Fsp3) is 0.111. The van der Waals surface area contributed by atoms with Gasteiger partial charge in [-0.15, -0.1) is 0 Å². The minimum Gasteiger partial charge on any atom is -0.277 e. The van der Waals surface area contributed by atoms with Crippen molar-refractivity contribution in [3.8, 4) is 5.82 Å². The van der Waals surface area contributed by atoms with Gasteiger partial charge in [0.25, 0.3) is 0 Å². The molecule has 2 aromatic rings. The Morgan fingerprint density at radius 3 is 2.73 bits per heavy atom. The van der Waals surface area contributed by atoms with E-state index in [0.29, 0.717) is 0 Å². The van der Waals surface area contributed by atoms with Crippen LogP contribution in [0.15, 0.2) is 24.7 Å². The van der Waals surface area contributed by atoms with Crippen molar-refractivity contribution in [2.75, 3.05) is 0 Å². The Hall–Kier alpha value is 0.300. The van der Waals surface area contributed by atoms with Crippen molar-refractivity contribution < 1.29 is 0 Å². The maximum absolute atomic E-state index is 4.38. The van der Waals surface area contributed by atoms with E-state index in [1.165, 1.54) is 0 Å². The third kappa shape index (κ3) is 2.36. The topological polar surface area (TPSA) is 30.7 Å². The third-order valence-corrected chi connectivity index (χ3v) is 5.36. The van der Waals surface area contributed by atoms with Crippen molar-refractivity contribution in [2.24, 2.45) is 0 Å². The number of rotatable bonds is 2. The van der Waals surface area contributed by atoms with E-state index in [2.05, 4.69) is 77.1 Å². The second kappa shape index (κ2) is 5.09. The molecule has 2 rings (SSSR count). The van der Waals surface area contributed by atoms with Gasteiger partial charge in [-0.1, -0.05) is 22.0 Å². The van der Waals surface area contributed by atoms with Crippen LogP contribution in [0.4, 0.5) is 0 Å². The van der Waals surface area contributed by atoms with Gasteiger partial charge in [-0.2, -0.15) is 0 Å². The molecule has 0 N–H and O–H groups in total. The van der Waals surface area contributed by atoms with Crippen LogP contribution < -0.4 is 0 Å². The first-order chi connectivity index (χ1) is 7.24. The van der Waals surface area contributed by atoms with Crippen LogP contribution in [0.5, 0.6) is 0 Å². The van der Waals surface area contributed by atoms with E-state index in [1.54, 1.807) is 12.5 Å². The van der Waals surface area contributed by atoms with Crippen molar-refractivity contribution in [1.29, 1.82) is 0 Å². The molecule has 0 unspecified atom stereocenters. The Morgan fingerprint density at radius 1 is 1.33 bits per heavy atom. The highest BCUT2D eigenvalue weighted by Gasteiger charge is 2.10. The second-order valence-electron chi connectivity index (χ2n) is 2.82. The van der Waals surface area contributed by atoms with E-state index in [-0.39, 0.29) is 0 Å². The summed E-state index contributed by atoms with van der Waals surface area (Å²) in [6.45, 7) is 0. The molecule has 78 valence electrons. The van der Waals surface area contributed by atoms with E-state index >= 15 is 0 Å². The number of aromatic nitrogens is 3. The van der Waals surface area contributed by atoms with Crippen molar-refractivity contribution in [2.45, 2.75) is 5.33 Å². The van der Waals surface area contributed by atoms with E-state index in [4.69, 9.17) is 0 Å². The largest absolute Gasteiger partial charge is 0.277 e. The molecular formula is C9H6BrI2N3. The molecule has 0 fully saturated rings. The lowest BCUT2D eigenvalue weighted by Crippen LogP contribution is -2.02. The molecule has 0 saturated heterocycles. The number of nitrogens with zero attached hydrogens (tertiary/aromatic N) is 3. The van der Waals surface area contributed by atoms with E-state index in [0.717, 1.165) is 24.1 Å².